The van der Waals surface area contributed by atoms with E-state index in [1.54, 1.807) is 6.20 Å². The second-order valence-electron chi connectivity index (χ2n) is 5.06. The predicted octanol–water partition coefficient (Wildman–Crippen LogP) is 1.97. The maximum absolute atomic E-state index is 5.93. The van der Waals surface area contributed by atoms with Gasteiger partial charge in [0.15, 0.2) is 0 Å². The van der Waals surface area contributed by atoms with Crippen LogP contribution in [0, 0.1) is 0 Å². The van der Waals surface area contributed by atoms with Gasteiger partial charge < -0.3 is 10.3 Å². The molecular formula is C13H18N4O. The van der Waals surface area contributed by atoms with E-state index in [9.17, 15) is 0 Å². The Morgan fingerprint density at radius 3 is 2.83 bits per heavy atom. The highest BCUT2D eigenvalue weighted by atomic mass is 16.5. The number of aryl methyl sites for hydroxylation is 1. The molecular weight excluding hydrogens is 228 g/mol. The van der Waals surface area contributed by atoms with Crippen molar-refractivity contribution in [2.75, 3.05) is 0 Å². The molecule has 0 saturated heterocycles. The molecule has 2 heterocycles. The Kier molecular flexibility index (Phi) is 3.43. The molecule has 2 aromatic heterocycles. The molecule has 5 heteroatoms. The van der Waals surface area contributed by atoms with Crippen LogP contribution in [0.1, 0.15) is 32.2 Å². The van der Waals surface area contributed by atoms with Crippen molar-refractivity contribution < 1.29 is 4.52 Å². The molecule has 5 nitrogen and oxygen atoms in total. The zero-order valence-electron chi connectivity index (χ0n) is 11.0. The van der Waals surface area contributed by atoms with E-state index >= 15 is 0 Å². The first-order valence-corrected chi connectivity index (χ1v) is 6.04. The van der Waals surface area contributed by atoms with E-state index in [1.165, 1.54) is 0 Å². The summed E-state index contributed by atoms with van der Waals surface area (Å²) in [6.07, 6.45) is 5.01. The van der Waals surface area contributed by atoms with Gasteiger partial charge in [0.05, 0.1) is 0 Å². The van der Waals surface area contributed by atoms with Crippen LogP contribution in [0.2, 0.25) is 0 Å². The van der Waals surface area contributed by atoms with Crippen molar-refractivity contribution in [3.8, 4) is 11.4 Å². The Bertz CT molecular complexity index is 528. The molecule has 0 bridgehead atoms. The first-order valence-electron chi connectivity index (χ1n) is 6.04. The topological polar surface area (TPSA) is 77.8 Å². The minimum Gasteiger partial charge on any atom is -0.339 e. The molecule has 2 rings (SSSR count). The van der Waals surface area contributed by atoms with Gasteiger partial charge in [-0.2, -0.15) is 4.98 Å². The lowest BCUT2D eigenvalue weighted by Gasteiger charge is -2.14. The number of nitrogens with zero attached hydrogens (tertiary/aromatic N) is 3. The summed E-state index contributed by atoms with van der Waals surface area (Å²) < 4.78 is 5.23. The third-order valence-electron chi connectivity index (χ3n) is 2.60. The van der Waals surface area contributed by atoms with Gasteiger partial charge in [-0.05, 0) is 31.9 Å². The standard InChI is InChI=1S/C13H18N4O/c1-4-9-8-15-6-5-10(9)12-16-11(18-17-12)7-13(2,3)14/h5-6,8H,4,7,14H2,1-3H3. The van der Waals surface area contributed by atoms with Crippen LogP contribution in [-0.4, -0.2) is 20.7 Å². The SMILES string of the molecule is CCc1cnccc1-c1noc(CC(C)(C)N)n1. The average molecular weight is 246 g/mol. The summed E-state index contributed by atoms with van der Waals surface area (Å²) in [6, 6.07) is 1.90. The second kappa shape index (κ2) is 4.86. The van der Waals surface area contributed by atoms with Crippen LogP contribution in [0.25, 0.3) is 11.4 Å². The number of pyridine rings is 1. The smallest absolute Gasteiger partial charge is 0.228 e. The molecule has 0 saturated carbocycles. The Labute approximate surface area is 106 Å². The van der Waals surface area contributed by atoms with Crippen LogP contribution in [0.15, 0.2) is 23.0 Å². The van der Waals surface area contributed by atoms with Gasteiger partial charge >= 0.3 is 0 Å². The lowest BCUT2D eigenvalue weighted by molar-refractivity contribution is 0.348. The summed E-state index contributed by atoms with van der Waals surface area (Å²) in [5, 5.41) is 4.01. The largest absolute Gasteiger partial charge is 0.339 e. The number of hydrogen-bond donors (Lipinski definition) is 1. The first-order chi connectivity index (χ1) is 8.49. The number of aromatic nitrogens is 3. The summed E-state index contributed by atoms with van der Waals surface area (Å²) >= 11 is 0. The lowest BCUT2D eigenvalue weighted by Crippen LogP contribution is -2.34. The van der Waals surface area contributed by atoms with Gasteiger partial charge in [-0.15, -0.1) is 0 Å². The molecule has 2 aromatic rings. The van der Waals surface area contributed by atoms with Crippen LogP contribution in [-0.2, 0) is 12.8 Å². The van der Waals surface area contributed by atoms with Crippen LogP contribution in [0.4, 0.5) is 0 Å². The molecule has 0 fully saturated rings. The monoisotopic (exact) mass is 246 g/mol. The summed E-state index contributed by atoms with van der Waals surface area (Å²) in [5.74, 6) is 1.17. The van der Waals surface area contributed by atoms with E-state index in [2.05, 4.69) is 22.0 Å². The fraction of sp³-hybridized carbons (Fsp3) is 0.462. The molecule has 0 aliphatic rings. The summed E-state index contributed by atoms with van der Waals surface area (Å²) in [7, 11) is 0. The molecule has 0 spiro atoms. The Morgan fingerprint density at radius 2 is 2.17 bits per heavy atom. The zero-order chi connectivity index (χ0) is 13.2. The van der Waals surface area contributed by atoms with E-state index in [0.29, 0.717) is 18.1 Å². The van der Waals surface area contributed by atoms with Gasteiger partial charge in [-0.3, -0.25) is 4.98 Å². The van der Waals surface area contributed by atoms with Gasteiger partial charge in [0, 0.05) is 29.9 Å². The molecule has 0 aliphatic heterocycles. The minimum atomic E-state index is -0.352. The quantitative estimate of drug-likeness (QED) is 0.892. The second-order valence-corrected chi connectivity index (χ2v) is 5.06. The average Bonchev–Trinajstić information content (AvgIpc) is 2.75. The van der Waals surface area contributed by atoms with Crippen LogP contribution >= 0.6 is 0 Å². The van der Waals surface area contributed by atoms with Crippen LogP contribution < -0.4 is 5.73 Å². The highest BCUT2D eigenvalue weighted by molar-refractivity contribution is 5.58. The number of nitrogens with two attached hydrogens (primary N) is 1. The van der Waals surface area contributed by atoms with E-state index in [-0.39, 0.29) is 5.54 Å². The van der Waals surface area contributed by atoms with Gasteiger partial charge in [-0.25, -0.2) is 0 Å². The van der Waals surface area contributed by atoms with Crippen molar-refractivity contribution in [3.05, 3.63) is 29.9 Å². The molecule has 0 radical (unpaired) electrons. The maximum Gasteiger partial charge on any atom is 0.228 e. The summed E-state index contributed by atoms with van der Waals surface area (Å²) in [6.45, 7) is 5.94. The molecule has 0 aromatic carbocycles. The van der Waals surface area contributed by atoms with Gasteiger partial charge in [-0.1, -0.05) is 12.1 Å². The lowest BCUT2D eigenvalue weighted by atomic mass is 10.0. The van der Waals surface area contributed by atoms with E-state index in [1.807, 2.05) is 26.1 Å². The number of rotatable bonds is 4. The van der Waals surface area contributed by atoms with Crippen LogP contribution in [0.5, 0.6) is 0 Å². The fourth-order valence-electron chi connectivity index (χ4n) is 1.75. The van der Waals surface area contributed by atoms with E-state index in [0.717, 1.165) is 17.5 Å². The molecule has 0 amide bonds. The highest BCUT2D eigenvalue weighted by Crippen LogP contribution is 2.21. The van der Waals surface area contributed by atoms with Crippen molar-refractivity contribution in [1.82, 2.24) is 15.1 Å². The van der Waals surface area contributed by atoms with Gasteiger partial charge in [0.2, 0.25) is 11.7 Å². The Balaban J connectivity index is 2.29. The molecule has 18 heavy (non-hydrogen) atoms. The van der Waals surface area contributed by atoms with Gasteiger partial charge in [0.1, 0.15) is 0 Å². The minimum absolute atomic E-state index is 0.352. The van der Waals surface area contributed by atoms with Crippen molar-refractivity contribution in [3.63, 3.8) is 0 Å². The Morgan fingerprint density at radius 1 is 1.39 bits per heavy atom. The maximum atomic E-state index is 5.93. The molecule has 2 N–H and O–H groups in total. The number of hydrogen-bond acceptors (Lipinski definition) is 5. The fourth-order valence-corrected chi connectivity index (χ4v) is 1.75. The van der Waals surface area contributed by atoms with Crippen LogP contribution in [0.3, 0.4) is 0 Å². The van der Waals surface area contributed by atoms with Crippen molar-refractivity contribution >= 4 is 0 Å². The first kappa shape index (κ1) is 12.7. The summed E-state index contributed by atoms with van der Waals surface area (Å²) in [4.78, 5) is 8.49. The molecule has 0 unspecified atom stereocenters. The normalized spacial score (nSPS) is 11.8. The van der Waals surface area contributed by atoms with E-state index < -0.39 is 0 Å². The van der Waals surface area contributed by atoms with Crippen molar-refractivity contribution in [1.29, 1.82) is 0 Å². The Hall–Kier alpha value is -1.75. The van der Waals surface area contributed by atoms with Crippen molar-refractivity contribution in [2.45, 2.75) is 39.2 Å². The third-order valence-corrected chi connectivity index (χ3v) is 2.60. The highest BCUT2D eigenvalue weighted by Gasteiger charge is 2.18. The van der Waals surface area contributed by atoms with Gasteiger partial charge in [0.25, 0.3) is 0 Å². The zero-order valence-corrected chi connectivity index (χ0v) is 11.0. The molecule has 96 valence electrons. The third kappa shape index (κ3) is 2.92. The van der Waals surface area contributed by atoms with E-state index in [4.69, 9.17) is 10.3 Å². The van der Waals surface area contributed by atoms with Crippen molar-refractivity contribution in [2.24, 2.45) is 5.73 Å². The summed E-state index contributed by atoms with van der Waals surface area (Å²) in [5.41, 5.74) is 7.66. The molecule has 0 aliphatic carbocycles. The molecule has 0 atom stereocenters. The predicted molar refractivity (Wildman–Crippen MR) is 68.9 cm³/mol.